The van der Waals surface area contributed by atoms with E-state index >= 15 is 0 Å². The summed E-state index contributed by atoms with van der Waals surface area (Å²) in [6.45, 7) is 1.95. The lowest BCUT2D eigenvalue weighted by molar-refractivity contribution is 0.0845. The van der Waals surface area contributed by atoms with Gasteiger partial charge in [0.15, 0.2) is 0 Å². The molecule has 0 amide bonds. The number of nitrogens with zero attached hydrogens (tertiary/aromatic N) is 3. The molecular weight excluding hydrogens is 318 g/mol. The van der Waals surface area contributed by atoms with Crippen molar-refractivity contribution in [2.45, 2.75) is 19.2 Å². The predicted octanol–water partition coefficient (Wildman–Crippen LogP) is 2.40. The number of pyridine rings is 1. The monoisotopic (exact) mass is 339 g/mol. The quantitative estimate of drug-likeness (QED) is 0.791. The summed E-state index contributed by atoms with van der Waals surface area (Å²) in [5, 5.41) is 15.1. The van der Waals surface area contributed by atoms with Crippen molar-refractivity contribution in [3.63, 3.8) is 0 Å². The summed E-state index contributed by atoms with van der Waals surface area (Å²) in [5.41, 5.74) is 4.04. The third-order valence-electron chi connectivity index (χ3n) is 4.76. The van der Waals surface area contributed by atoms with E-state index in [2.05, 4.69) is 16.1 Å². The van der Waals surface area contributed by atoms with Gasteiger partial charge in [0.25, 0.3) is 0 Å². The van der Waals surface area contributed by atoms with Gasteiger partial charge in [0.2, 0.25) is 0 Å². The lowest BCUT2D eigenvalue weighted by Gasteiger charge is -2.33. The van der Waals surface area contributed by atoms with Crippen molar-refractivity contribution in [2.75, 3.05) is 20.8 Å². The van der Waals surface area contributed by atoms with E-state index in [-0.39, 0.29) is 0 Å². The van der Waals surface area contributed by atoms with Gasteiger partial charge in [-0.2, -0.15) is 5.10 Å². The van der Waals surface area contributed by atoms with Crippen molar-refractivity contribution < 1.29 is 14.6 Å². The van der Waals surface area contributed by atoms with Gasteiger partial charge in [0.05, 0.1) is 32.0 Å². The highest BCUT2D eigenvalue weighted by Gasteiger charge is 2.29. The van der Waals surface area contributed by atoms with Gasteiger partial charge >= 0.3 is 0 Å². The van der Waals surface area contributed by atoms with Crippen LogP contribution >= 0.6 is 0 Å². The number of methoxy groups -OCH3 is 2. The molecule has 0 saturated heterocycles. The van der Waals surface area contributed by atoms with Gasteiger partial charge in [-0.3, -0.25) is 4.90 Å². The number of hydrogen-bond acceptors (Lipinski definition) is 5. The van der Waals surface area contributed by atoms with Crippen LogP contribution in [0.4, 0.5) is 0 Å². The van der Waals surface area contributed by atoms with Gasteiger partial charge in [-0.1, -0.05) is 6.07 Å². The van der Waals surface area contributed by atoms with Gasteiger partial charge in [0.1, 0.15) is 11.5 Å². The van der Waals surface area contributed by atoms with E-state index in [9.17, 15) is 5.11 Å². The van der Waals surface area contributed by atoms with Crippen molar-refractivity contribution in [1.29, 1.82) is 0 Å². The van der Waals surface area contributed by atoms with E-state index < -0.39 is 6.10 Å². The summed E-state index contributed by atoms with van der Waals surface area (Å²) in [4.78, 5) is 2.21. The Hall–Kier alpha value is -2.57. The molecule has 1 atom stereocenters. The zero-order valence-corrected chi connectivity index (χ0v) is 14.3. The number of β-amino-alcohol motifs (C(OH)–C–C–N with tert-alkyl or cyclic N) is 1. The van der Waals surface area contributed by atoms with Crippen LogP contribution in [0.2, 0.25) is 0 Å². The molecule has 3 heterocycles. The number of ether oxygens (including phenoxy) is 2. The molecule has 0 unspecified atom stereocenters. The van der Waals surface area contributed by atoms with Gasteiger partial charge in [0, 0.05) is 42.5 Å². The first kappa shape index (κ1) is 15.9. The Morgan fingerprint density at radius 1 is 1.16 bits per heavy atom. The third-order valence-corrected chi connectivity index (χ3v) is 4.76. The third kappa shape index (κ3) is 2.73. The Morgan fingerprint density at radius 2 is 1.96 bits per heavy atom. The lowest BCUT2D eigenvalue weighted by atomic mass is 9.95. The van der Waals surface area contributed by atoms with Crippen LogP contribution in [-0.2, 0) is 13.1 Å². The summed E-state index contributed by atoms with van der Waals surface area (Å²) in [6.07, 6.45) is 3.21. The standard InChI is InChI=1S/C19H21N3O3/c1-24-17-6-7-18(25-2)19-14(17)11-21(12-16(19)23)10-13-9-20-22-8-4-3-5-15(13)22/h3-9,16,23H,10-12H2,1-2H3/t16-/m0/s1. The molecule has 6 nitrogen and oxygen atoms in total. The fourth-order valence-corrected chi connectivity index (χ4v) is 3.62. The smallest absolute Gasteiger partial charge is 0.125 e. The molecule has 3 aromatic rings. The summed E-state index contributed by atoms with van der Waals surface area (Å²) in [5.74, 6) is 1.48. The van der Waals surface area contributed by atoms with Gasteiger partial charge in [-0.05, 0) is 24.3 Å². The van der Waals surface area contributed by atoms with Crippen LogP contribution in [-0.4, -0.2) is 40.4 Å². The van der Waals surface area contributed by atoms with Crippen molar-refractivity contribution in [3.8, 4) is 11.5 Å². The van der Waals surface area contributed by atoms with Crippen LogP contribution in [0.25, 0.3) is 5.52 Å². The number of rotatable bonds is 4. The second kappa shape index (κ2) is 6.38. The molecule has 2 aromatic heterocycles. The molecule has 0 saturated carbocycles. The van der Waals surface area contributed by atoms with Crippen LogP contribution in [0.3, 0.4) is 0 Å². The molecule has 0 aliphatic carbocycles. The zero-order chi connectivity index (χ0) is 17.4. The Bertz CT molecular complexity index is 906. The maximum absolute atomic E-state index is 10.7. The molecule has 130 valence electrons. The Morgan fingerprint density at radius 3 is 2.76 bits per heavy atom. The van der Waals surface area contributed by atoms with Gasteiger partial charge in [-0.25, -0.2) is 4.52 Å². The van der Waals surface area contributed by atoms with Crippen LogP contribution in [0.5, 0.6) is 11.5 Å². The van der Waals surface area contributed by atoms with Crippen molar-refractivity contribution >= 4 is 5.52 Å². The van der Waals surface area contributed by atoms with Crippen molar-refractivity contribution in [1.82, 2.24) is 14.5 Å². The van der Waals surface area contributed by atoms with Crippen LogP contribution in [0.1, 0.15) is 22.8 Å². The van der Waals surface area contributed by atoms with E-state index in [0.29, 0.717) is 25.4 Å². The molecule has 4 rings (SSSR count). The van der Waals surface area contributed by atoms with E-state index in [0.717, 1.165) is 28.0 Å². The normalized spacial score (nSPS) is 17.5. The van der Waals surface area contributed by atoms with E-state index in [1.807, 2.05) is 41.2 Å². The van der Waals surface area contributed by atoms with Crippen LogP contribution in [0.15, 0.2) is 42.7 Å². The van der Waals surface area contributed by atoms with E-state index in [4.69, 9.17) is 9.47 Å². The Kier molecular flexibility index (Phi) is 4.07. The minimum Gasteiger partial charge on any atom is -0.496 e. The minimum absolute atomic E-state index is 0.542. The number of hydrogen-bond donors (Lipinski definition) is 1. The number of benzene rings is 1. The fraction of sp³-hybridized carbons (Fsp3) is 0.316. The maximum atomic E-state index is 10.7. The average molecular weight is 339 g/mol. The lowest BCUT2D eigenvalue weighted by Crippen LogP contribution is -2.33. The first-order valence-electron chi connectivity index (χ1n) is 8.26. The first-order valence-corrected chi connectivity index (χ1v) is 8.26. The molecular formula is C19H21N3O3. The maximum Gasteiger partial charge on any atom is 0.125 e. The molecule has 1 aromatic carbocycles. The highest BCUT2D eigenvalue weighted by Crippen LogP contribution is 2.39. The summed E-state index contributed by atoms with van der Waals surface area (Å²) in [6, 6.07) is 9.77. The number of fused-ring (bicyclic) bond motifs is 2. The van der Waals surface area contributed by atoms with E-state index in [1.54, 1.807) is 14.2 Å². The highest BCUT2D eigenvalue weighted by molar-refractivity contribution is 5.54. The average Bonchev–Trinajstić information content (AvgIpc) is 3.04. The largest absolute Gasteiger partial charge is 0.496 e. The number of aliphatic hydroxyl groups is 1. The van der Waals surface area contributed by atoms with Crippen LogP contribution < -0.4 is 9.47 Å². The minimum atomic E-state index is -0.615. The molecule has 0 spiro atoms. The SMILES string of the molecule is COc1ccc(OC)c2c1CN(Cc1cnn3ccccc13)C[C@@H]2O. The number of aliphatic hydroxyl groups excluding tert-OH is 1. The Balaban J connectivity index is 1.67. The summed E-state index contributed by atoms with van der Waals surface area (Å²) < 4.78 is 12.8. The zero-order valence-electron chi connectivity index (χ0n) is 14.3. The van der Waals surface area contributed by atoms with Crippen molar-refractivity contribution in [2.24, 2.45) is 0 Å². The summed E-state index contributed by atoms with van der Waals surface area (Å²) in [7, 11) is 3.28. The molecule has 0 radical (unpaired) electrons. The molecule has 1 aliphatic rings. The second-order valence-electron chi connectivity index (χ2n) is 6.25. The molecule has 1 N–H and O–H groups in total. The topological polar surface area (TPSA) is 59.2 Å². The number of aromatic nitrogens is 2. The molecule has 0 bridgehead atoms. The molecule has 25 heavy (non-hydrogen) atoms. The first-order chi connectivity index (χ1) is 12.2. The highest BCUT2D eigenvalue weighted by atomic mass is 16.5. The Labute approximate surface area is 146 Å². The van der Waals surface area contributed by atoms with Crippen molar-refractivity contribution in [3.05, 3.63) is 59.4 Å². The molecule has 6 heteroatoms. The van der Waals surface area contributed by atoms with Gasteiger partial charge in [-0.15, -0.1) is 0 Å². The van der Waals surface area contributed by atoms with Crippen LogP contribution in [0, 0.1) is 0 Å². The molecule has 0 fully saturated rings. The summed E-state index contributed by atoms with van der Waals surface area (Å²) >= 11 is 0. The predicted molar refractivity (Wildman–Crippen MR) is 93.8 cm³/mol. The second-order valence-corrected chi connectivity index (χ2v) is 6.25. The van der Waals surface area contributed by atoms with Gasteiger partial charge < -0.3 is 14.6 Å². The molecule has 1 aliphatic heterocycles. The van der Waals surface area contributed by atoms with E-state index in [1.165, 1.54) is 0 Å². The fourth-order valence-electron chi connectivity index (χ4n) is 3.62.